The molecule has 2 heterocycles. The zero-order chi connectivity index (χ0) is 19.9. The van der Waals surface area contributed by atoms with Crippen LogP contribution in [0.5, 0.6) is 0 Å². The normalized spacial score (nSPS) is 14.6. The van der Waals surface area contributed by atoms with E-state index in [0.717, 1.165) is 18.4 Å². The van der Waals surface area contributed by atoms with Crippen LogP contribution in [-0.2, 0) is 17.1 Å². The van der Waals surface area contributed by atoms with Crippen molar-refractivity contribution in [1.29, 1.82) is 0 Å². The molecular formula is C19H24ClN3O3S. The number of anilines is 1. The largest absolute Gasteiger partial charge is 0.350 e. The highest BCUT2D eigenvalue weighted by Gasteiger charge is 2.33. The molecule has 3 rings (SSSR count). The number of sulfonamides is 1. The van der Waals surface area contributed by atoms with Crippen molar-refractivity contribution >= 4 is 33.2 Å². The predicted octanol–water partition coefficient (Wildman–Crippen LogP) is 3.64. The second-order valence-corrected chi connectivity index (χ2v) is 9.03. The summed E-state index contributed by atoms with van der Waals surface area (Å²) >= 11 is 6.12. The Morgan fingerprint density at radius 1 is 1.11 bits per heavy atom. The molecule has 0 atom stereocenters. The highest BCUT2D eigenvalue weighted by Crippen LogP contribution is 2.31. The maximum absolute atomic E-state index is 13.2. The van der Waals surface area contributed by atoms with Crippen LogP contribution in [0, 0.1) is 20.8 Å². The van der Waals surface area contributed by atoms with Crippen LogP contribution in [0.25, 0.3) is 0 Å². The van der Waals surface area contributed by atoms with Gasteiger partial charge in [-0.15, -0.1) is 0 Å². The second-order valence-electron chi connectivity index (χ2n) is 7.00. The molecule has 1 aliphatic heterocycles. The van der Waals surface area contributed by atoms with Crippen LogP contribution in [0.2, 0.25) is 5.02 Å². The molecule has 0 radical (unpaired) electrons. The quantitative estimate of drug-likeness (QED) is 0.837. The molecule has 0 bridgehead atoms. The van der Waals surface area contributed by atoms with Gasteiger partial charge in [0.15, 0.2) is 0 Å². The number of halogens is 1. The predicted molar refractivity (Wildman–Crippen MR) is 107 cm³/mol. The Kier molecular flexibility index (Phi) is 5.27. The molecule has 0 aliphatic carbocycles. The van der Waals surface area contributed by atoms with Crippen molar-refractivity contribution < 1.29 is 13.2 Å². The third-order valence-electron chi connectivity index (χ3n) is 5.22. The Morgan fingerprint density at radius 3 is 2.33 bits per heavy atom. The molecule has 1 saturated heterocycles. The maximum atomic E-state index is 13.2. The van der Waals surface area contributed by atoms with E-state index < -0.39 is 10.0 Å². The van der Waals surface area contributed by atoms with Gasteiger partial charge in [0.2, 0.25) is 0 Å². The lowest BCUT2D eigenvalue weighted by Crippen LogP contribution is -2.30. The van der Waals surface area contributed by atoms with E-state index in [4.69, 9.17) is 11.6 Å². The Labute approximate surface area is 165 Å². The SMILES string of the molecule is Cc1ccc(NS(=O)(=O)c2c(C(=O)N3CCCC3)c(C)n(C)c2C)cc1Cl. The van der Waals surface area contributed by atoms with Gasteiger partial charge in [0.25, 0.3) is 15.9 Å². The van der Waals surface area contributed by atoms with Gasteiger partial charge in [-0.1, -0.05) is 17.7 Å². The van der Waals surface area contributed by atoms with Crippen molar-refractivity contribution in [1.82, 2.24) is 9.47 Å². The van der Waals surface area contributed by atoms with Crippen LogP contribution in [0.1, 0.15) is 40.2 Å². The minimum atomic E-state index is -3.96. The summed E-state index contributed by atoms with van der Waals surface area (Å²) in [5.41, 5.74) is 2.65. The summed E-state index contributed by atoms with van der Waals surface area (Å²) in [7, 11) is -2.19. The lowest BCUT2D eigenvalue weighted by molar-refractivity contribution is 0.0788. The first-order valence-electron chi connectivity index (χ1n) is 8.87. The van der Waals surface area contributed by atoms with Crippen LogP contribution >= 0.6 is 11.6 Å². The maximum Gasteiger partial charge on any atom is 0.264 e. The number of nitrogens with zero attached hydrogens (tertiary/aromatic N) is 2. The van der Waals surface area contributed by atoms with Crippen molar-refractivity contribution in [3.8, 4) is 0 Å². The van der Waals surface area contributed by atoms with Crippen LogP contribution < -0.4 is 4.72 Å². The monoisotopic (exact) mass is 409 g/mol. The van der Waals surface area contributed by atoms with Crippen molar-refractivity contribution in [2.75, 3.05) is 17.8 Å². The van der Waals surface area contributed by atoms with Gasteiger partial charge in [0.1, 0.15) is 4.90 Å². The first-order chi connectivity index (χ1) is 12.6. The number of benzene rings is 1. The topological polar surface area (TPSA) is 71.4 Å². The first kappa shape index (κ1) is 19.8. The molecule has 1 N–H and O–H groups in total. The Morgan fingerprint density at radius 2 is 1.74 bits per heavy atom. The van der Waals surface area contributed by atoms with Crippen LogP contribution in [0.15, 0.2) is 23.1 Å². The fourth-order valence-corrected chi connectivity index (χ4v) is 5.19. The molecule has 8 heteroatoms. The fourth-order valence-electron chi connectivity index (χ4n) is 3.44. The van der Waals surface area contributed by atoms with E-state index >= 15 is 0 Å². The minimum absolute atomic E-state index is 0.0381. The number of carbonyl (C=O) groups excluding carboxylic acids is 1. The smallest absolute Gasteiger partial charge is 0.264 e. The molecule has 6 nitrogen and oxygen atoms in total. The summed E-state index contributed by atoms with van der Waals surface area (Å²) in [5, 5.41) is 0.476. The lowest BCUT2D eigenvalue weighted by atomic mass is 10.2. The van der Waals surface area contributed by atoms with E-state index in [-0.39, 0.29) is 16.4 Å². The number of hydrogen-bond acceptors (Lipinski definition) is 3. The van der Waals surface area contributed by atoms with Crippen molar-refractivity contribution in [3.05, 3.63) is 45.7 Å². The molecule has 1 fully saturated rings. The average Bonchev–Trinajstić information content (AvgIpc) is 3.21. The Hall–Kier alpha value is -1.99. The van der Waals surface area contributed by atoms with E-state index in [1.807, 2.05) is 6.92 Å². The molecule has 0 saturated carbocycles. The molecule has 27 heavy (non-hydrogen) atoms. The van der Waals surface area contributed by atoms with E-state index in [0.29, 0.717) is 35.2 Å². The standard InChI is InChI=1S/C19H24ClN3O3S/c1-12-7-8-15(11-16(12)20)21-27(25,26)18-14(3)22(4)13(2)17(18)19(24)23-9-5-6-10-23/h7-8,11,21H,5-6,9-10H2,1-4H3. The molecule has 0 spiro atoms. The molecule has 146 valence electrons. The van der Waals surface area contributed by atoms with Crippen molar-refractivity contribution in [2.24, 2.45) is 7.05 Å². The summed E-state index contributed by atoms with van der Waals surface area (Å²) in [6.07, 6.45) is 1.89. The van der Waals surface area contributed by atoms with E-state index in [1.165, 1.54) is 0 Å². The average molecular weight is 410 g/mol. The zero-order valence-electron chi connectivity index (χ0n) is 16.0. The summed E-state index contributed by atoms with van der Waals surface area (Å²) in [6, 6.07) is 4.98. The van der Waals surface area contributed by atoms with E-state index in [9.17, 15) is 13.2 Å². The summed E-state index contributed by atoms with van der Waals surface area (Å²) in [6.45, 7) is 6.65. The van der Waals surface area contributed by atoms with Crippen LogP contribution in [0.4, 0.5) is 5.69 Å². The summed E-state index contributed by atoms with van der Waals surface area (Å²) in [4.78, 5) is 14.8. The van der Waals surface area contributed by atoms with Gasteiger partial charge in [-0.25, -0.2) is 8.42 Å². The van der Waals surface area contributed by atoms with Gasteiger partial charge < -0.3 is 9.47 Å². The molecule has 1 aromatic carbocycles. The number of carbonyl (C=O) groups is 1. The number of aromatic nitrogens is 1. The Bertz CT molecular complexity index is 1010. The number of aryl methyl sites for hydroxylation is 1. The number of likely N-dealkylation sites (tertiary alicyclic amines) is 1. The van der Waals surface area contributed by atoms with Gasteiger partial charge in [-0.05, 0) is 51.3 Å². The molecule has 2 aromatic rings. The Balaban J connectivity index is 2.07. The van der Waals surface area contributed by atoms with E-state index in [1.54, 1.807) is 48.6 Å². The summed E-state index contributed by atoms with van der Waals surface area (Å²) < 4.78 is 30.7. The van der Waals surface area contributed by atoms with Crippen molar-refractivity contribution in [3.63, 3.8) is 0 Å². The van der Waals surface area contributed by atoms with Gasteiger partial charge >= 0.3 is 0 Å². The van der Waals surface area contributed by atoms with E-state index in [2.05, 4.69) is 4.72 Å². The van der Waals surface area contributed by atoms with Crippen LogP contribution in [-0.4, -0.2) is 36.9 Å². The van der Waals surface area contributed by atoms with Crippen LogP contribution in [0.3, 0.4) is 0 Å². The lowest BCUT2D eigenvalue weighted by Gasteiger charge is -2.17. The third-order valence-corrected chi connectivity index (χ3v) is 7.17. The fraction of sp³-hybridized carbons (Fsp3) is 0.421. The van der Waals surface area contributed by atoms with Gasteiger partial charge in [0, 0.05) is 36.5 Å². The second kappa shape index (κ2) is 7.20. The third kappa shape index (κ3) is 3.58. The number of amides is 1. The molecule has 0 unspecified atom stereocenters. The molecule has 1 aromatic heterocycles. The van der Waals surface area contributed by atoms with Gasteiger partial charge in [-0.3, -0.25) is 9.52 Å². The minimum Gasteiger partial charge on any atom is -0.350 e. The zero-order valence-corrected chi connectivity index (χ0v) is 17.5. The number of hydrogen-bond donors (Lipinski definition) is 1. The first-order valence-corrected chi connectivity index (χ1v) is 10.7. The molecular weight excluding hydrogens is 386 g/mol. The highest BCUT2D eigenvalue weighted by atomic mass is 35.5. The van der Waals surface area contributed by atoms with Gasteiger partial charge in [0.05, 0.1) is 11.3 Å². The molecule has 1 amide bonds. The highest BCUT2D eigenvalue weighted by molar-refractivity contribution is 7.92. The molecule has 1 aliphatic rings. The number of rotatable bonds is 4. The summed E-state index contributed by atoms with van der Waals surface area (Å²) in [5.74, 6) is -0.226. The number of nitrogens with one attached hydrogen (secondary N) is 1. The van der Waals surface area contributed by atoms with Gasteiger partial charge in [-0.2, -0.15) is 0 Å². The van der Waals surface area contributed by atoms with Crippen molar-refractivity contribution in [2.45, 2.75) is 38.5 Å².